The summed E-state index contributed by atoms with van der Waals surface area (Å²) in [5.41, 5.74) is -1.24. The van der Waals surface area contributed by atoms with Crippen molar-refractivity contribution < 1.29 is 26.7 Å². The molecule has 7 heteroatoms. The highest BCUT2D eigenvalue weighted by atomic mass is 19.4. The number of nitrogens with one attached hydrogen (secondary N) is 1. The summed E-state index contributed by atoms with van der Waals surface area (Å²) < 4.78 is 65.9. The second-order valence-corrected chi connectivity index (χ2v) is 5.97. The lowest BCUT2D eigenvalue weighted by atomic mass is 9.74. The zero-order valence-electron chi connectivity index (χ0n) is 12.9. The first kappa shape index (κ1) is 17.4. The van der Waals surface area contributed by atoms with Crippen LogP contribution in [0.4, 0.5) is 22.0 Å². The maximum Gasteiger partial charge on any atom is 0.417 e. The summed E-state index contributed by atoms with van der Waals surface area (Å²) in [6, 6.07) is 7.18. The van der Waals surface area contributed by atoms with Gasteiger partial charge in [0.15, 0.2) is 0 Å². The van der Waals surface area contributed by atoms with Crippen LogP contribution in [-0.2, 0) is 6.18 Å². The van der Waals surface area contributed by atoms with Crippen LogP contribution in [0.5, 0.6) is 0 Å². The van der Waals surface area contributed by atoms with Crippen LogP contribution in [0.1, 0.15) is 40.2 Å². The Bertz CT molecular complexity index is 802. The van der Waals surface area contributed by atoms with E-state index in [1.54, 1.807) is 0 Å². The molecule has 3 rings (SSSR count). The number of carbonyl (C=O) groups excluding carboxylic acids is 1. The van der Waals surface area contributed by atoms with E-state index in [1.165, 1.54) is 18.2 Å². The molecule has 1 N–H and O–H groups in total. The minimum atomic E-state index is -4.64. The largest absolute Gasteiger partial charge is 0.417 e. The van der Waals surface area contributed by atoms with Crippen LogP contribution in [0.25, 0.3) is 0 Å². The van der Waals surface area contributed by atoms with Crippen molar-refractivity contribution in [1.82, 2.24) is 5.32 Å². The van der Waals surface area contributed by atoms with Crippen molar-refractivity contribution in [2.24, 2.45) is 0 Å². The van der Waals surface area contributed by atoms with Gasteiger partial charge in [-0.1, -0.05) is 18.2 Å². The molecule has 1 amide bonds. The van der Waals surface area contributed by atoms with Crippen LogP contribution in [-0.4, -0.2) is 11.9 Å². The molecule has 1 saturated carbocycles. The van der Waals surface area contributed by atoms with Gasteiger partial charge >= 0.3 is 6.18 Å². The fraction of sp³-hybridized carbons (Fsp3) is 0.278. The second-order valence-electron chi connectivity index (χ2n) is 5.97. The van der Waals surface area contributed by atoms with Crippen molar-refractivity contribution in [1.29, 1.82) is 0 Å². The van der Waals surface area contributed by atoms with Crippen LogP contribution in [0.2, 0.25) is 0 Å². The molecule has 0 spiro atoms. The average Bonchev–Trinajstić information content (AvgIpc) is 2.53. The normalized spacial score (nSPS) is 20.0. The topological polar surface area (TPSA) is 29.1 Å². The highest BCUT2D eigenvalue weighted by Crippen LogP contribution is 2.39. The minimum Gasteiger partial charge on any atom is -0.349 e. The lowest BCUT2D eigenvalue weighted by molar-refractivity contribution is -0.137. The molecular weight excluding hydrogens is 341 g/mol. The van der Waals surface area contributed by atoms with E-state index in [0.29, 0.717) is 12.8 Å². The zero-order valence-corrected chi connectivity index (χ0v) is 12.9. The van der Waals surface area contributed by atoms with E-state index in [9.17, 15) is 26.7 Å². The Hall–Kier alpha value is -2.44. The summed E-state index contributed by atoms with van der Waals surface area (Å²) in [5, 5.41) is 2.54. The maximum atomic E-state index is 13.9. The molecule has 2 aromatic rings. The van der Waals surface area contributed by atoms with E-state index >= 15 is 0 Å². The number of carbonyl (C=O) groups is 1. The third-order valence-corrected chi connectivity index (χ3v) is 4.43. The number of halogens is 5. The molecule has 0 bridgehead atoms. The summed E-state index contributed by atoms with van der Waals surface area (Å²) in [5.74, 6) is -2.67. The summed E-state index contributed by atoms with van der Waals surface area (Å²) in [4.78, 5) is 12.3. The Labute approximate surface area is 140 Å². The van der Waals surface area contributed by atoms with E-state index in [-0.39, 0.29) is 11.5 Å². The number of amides is 1. The summed E-state index contributed by atoms with van der Waals surface area (Å²) >= 11 is 0. The van der Waals surface area contributed by atoms with Crippen molar-refractivity contribution in [2.75, 3.05) is 0 Å². The second kappa shape index (κ2) is 6.46. The molecule has 0 aromatic heterocycles. The van der Waals surface area contributed by atoms with Gasteiger partial charge in [-0.25, -0.2) is 8.78 Å². The lowest BCUT2D eigenvalue weighted by Crippen LogP contribution is -2.46. The van der Waals surface area contributed by atoms with Gasteiger partial charge in [0.25, 0.3) is 5.91 Å². The molecule has 0 heterocycles. The monoisotopic (exact) mass is 355 g/mol. The van der Waals surface area contributed by atoms with Gasteiger partial charge < -0.3 is 5.32 Å². The predicted molar refractivity (Wildman–Crippen MR) is 81.0 cm³/mol. The minimum absolute atomic E-state index is 0.252. The first-order chi connectivity index (χ1) is 11.8. The Balaban J connectivity index is 1.78. The van der Waals surface area contributed by atoms with Gasteiger partial charge in [-0.15, -0.1) is 0 Å². The van der Waals surface area contributed by atoms with Crippen molar-refractivity contribution in [2.45, 2.75) is 31.0 Å². The summed E-state index contributed by atoms with van der Waals surface area (Å²) in [7, 11) is 0. The summed E-state index contributed by atoms with van der Waals surface area (Å²) in [6.45, 7) is 0. The quantitative estimate of drug-likeness (QED) is 0.797. The Morgan fingerprint density at radius 3 is 2.36 bits per heavy atom. The molecule has 2 atom stereocenters. The highest BCUT2D eigenvalue weighted by Gasteiger charge is 2.38. The third-order valence-electron chi connectivity index (χ3n) is 4.43. The number of hydrogen-bond donors (Lipinski definition) is 1. The van der Waals surface area contributed by atoms with E-state index in [4.69, 9.17) is 0 Å². The van der Waals surface area contributed by atoms with Gasteiger partial charge in [0.1, 0.15) is 11.6 Å². The van der Waals surface area contributed by atoms with E-state index < -0.39 is 40.9 Å². The van der Waals surface area contributed by atoms with E-state index in [1.807, 2.05) is 0 Å². The van der Waals surface area contributed by atoms with Gasteiger partial charge in [-0.3, -0.25) is 4.79 Å². The van der Waals surface area contributed by atoms with Crippen molar-refractivity contribution in [3.8, 4) is 0 Å². The van der Waals surface area contributed by atoms with Crippen LogP contribution in [0, 0.1) is 11.6 Å². The number of hydrogen-bond acceptors (Lipinski definition) is 1. The van der Waals surface area contributed by atoms with Crippen LogP contribution >= 0.6 is 0 Å². The molecule has 132 valence electrons. The average molecular weight is 355 g/mol. The van der Waals surface area contributed by atoms with Gasteiger partial charge in [0.05, 0.1) is 11.1 Å². The van der Waals surface area contributed by atoms with Crippen LogP contribution in [0.15, 0.2) is 42.5 Å². The third kappa shape index (κ3) is 3.50. The van der Waals surface area contributed by atoms with Gasteiger partial charge in [-0.05, 0) is 36.6 Å². The van der Waals surface area contributed by atoms with Gasteiger partial charge in [-0.2, -0.15) is 13.2 Å². The van der Waals surface area contributed by atoms with Gasteiger partial charge in [0.2, 0.25) is 0 Å². The molecule has 1 aliphatic rings. The van der Waals surface area contributed by atoms with Crippen molar-refractivity contribution in [3.05, 3.63) is 70.8 Å². The first-order valence-electron chi connectivity index (χ1n) is 7.69. The highest BCUT2D eigenvalue weighted by molar-refractivity contribution is 5.96. The van der Waals surface area contributed by atoms with Crippen LogP contribution in [0.3, 0.4) is 0 Å². The smallest absolute Gasteiger partial charge is 0.349 e. The lowest BCUT2D eigenvalue weighted by Gasteiger charge is -2.37. The summed E-state index contributed by atoms with van der Waals surface area (Å²) in [6.07, 6.45) is -3.56. The Morgan fingerprint density at radius 2 is 1.76 bits per heavy atom. The Morgan fingerprint density at radius 1 is 1.04 bits per heavy atom. The van der Waals surface area contributed by atoms with Crippen LogP contribution < -0.4 is 5.32 Å². The predicted octanol–water partition coefficient (Wildman–Crippen LogP) is 4.66. The number of alkyl halides is 3. The first-order valence-corrected chi connectivity index (χ1v) is 7.69. The molecule has 2 aromatic carbocycles. The fourth-order valence-electron chi connectivity index (χ4n) is 3.02. The molecule has 1 aliphatic carbocycles. The molecule has 0 unspecified atom stereocenters. The number of benzene rings is 2. The molecular formula is C18H14F5NO. The van der Waals surface area contributed by atoms with Gasteiger partial charge in [0, 0.05) is 18.0 Å². The van der Waals surface area contributed by atoms with Crippen molar-refractivity contribution >= 4 is 5.91 Å². The number of rotatable bonds is 3. The fourth-order valence-corrected chi connectivity index (χ4v) is 3.02. The molecule has 1 fully saturated rings. The maximum absolute atomic E-state index is 13.9. The SMILES string of the molecule is O=C(N[C@@H]1CC[C@@H]1c1ccc(F)cc1F)c1ccccc1C(F)(F)F. The zero-order chi connectivity index (χ0) is 18.2. The van der Waals surface area contributed by atoms with E-state index in [0.717, 1.165) is 24.3 Å². The molecule has 25 heavy (non-hydrogen) atoms. The van der Waals surface area contributed by atoms with E-state index in [2.05, 4.69) is 5.32 Å². The van der Waals surface area contributed by atoms with Crippen molar-refractivity contribution in [3.63, 3.8) is 0 Å². The molecule has 0 saturated heterocycles. The molecule has 0 radical (unpaired) electrons. The molecule has 0 aliphatic heterocycles. The standard InChI is InChI=1S/C18H14F5NO/c19-10-5-6-11(15(20)9-10)12-7-8-16(12)24-17(25)13-3-1-2-4-14(13)18(21,22)23/h1-6,9,12,16H,7-8H2,(H,24,25)/t12-,16-/m1/s1. The molecule has 2 nitrogen and oxygen atoms in total. The Kier molecular flexibility index (Phi) is 4.49.